The van der Waals surface area contributed by atoms with Crippen molar-refractivity contribution in [1.29, 1.82) is 0 Å². The third-order valence-electron chi connectivity index (χ3n) is 5.65. The van der Waals surface area contributed by atoms with Gasteiger partial charge in [-0.3, -0.25) is 9.78 Å². The molecule has 0 radical (unpaired) electrons. The molecule has 2 aromatic carbocycles. The summed E-state index contributed by atoms with van der Waals surface area (Å²) in [6.07, 6.45) is 1.70. The van der Waals surface area contributed by atoms with Crippen LogP contribution < -0.4 is 4.74 Å². The molecule has 3 aromatic rings. The summed E-state index contributed by atoms with van der Waals surface area (Å²) in [5.41, 5.74) is 1.70. The first-order valence-electron chi connectivity index (χ1n) is 10.6. The van der Waals surface area contributed by atoms with Gasteiger partial charge in [-0.25, -0.2) is 13.2 Å². The maximum Gasteiger partial charge on any atom is 0.340 e. The molecule has 2 heterocycles. The molecule has 8 nitrogen and oxygen atoms in total. The van der Waals surface area contributed by atoms with E-state index in [4.69, 9.17) is 9.47 Å². The number of ketones is 1. The highest BCUT2D eigenvalue weighted by Gasteiger charge is 2.27. The van der Waals surface area contributed by atoms with Gasteiger partial charge in [-0.05, 0) is 62.2 Å². The van der Waals surface area contributed by atoms with Crippen LogP contribution in [0.4, 0.5) is 0 Å². The van der Waals surface area contributed by atoms with Crippen LogP contribution in [0.2, 0.25) is 0 Å². The van der Waals surface area contributed by atoms with Crippen LogP contribution >= 0.6 is 0 Å². The van der Waals surface area contributed by atoms with Crippen molar-refractivity contribution in [2.24, 2.45) is 0 Å². The van der Waals surface area contributed by atoms with E-state index in [1.807, 2.05) is 0 Å². The van der Waals surface area contributed by atoms with Gasteiger partial charge in [0.05, 0.1) is 28.8 Å². The molecule has 33 heavy (non-hydrogen) atoms. The van der Waals surface area contributed by atoms with Gasteiger partial charge in [0.2, 0.25) is 10.0 Å². The average molecular weight is 469 g/mol. The zero-order valence-corrected chi connectivity index (χ0v) is 19.2. The van der Waals surface area contributed by atoms with Crippen molar-refractivity contribution >= 4 is 32.7 Å². The zero-order valence-electron chi connectivity index (χ0n) is 18.4. The predicted molar refractivity (Wildman–Crippen MR) is 122 cm³/mol. The molecule has 4 rings (SSSR count). The molecule has 0 saturated carbocycles. The molecule has 1 aliphatic rings. The van der Waals surface area contributed by atoms with Crippen molar-refractivity contribution < 1.29 is 27.5 Å². The largest absolute Gasteiger partial charge is 0.497 e. The molecule has 0 unspecified atom stereocenters. The second-order valence-electron chi connectivity index (χ2n) is 7.81. The van der Waals surface area contributed by atoms with Gasteiger partial charge < -0.3 is 9.47 Å². The molecule has 9 heteroatoms. The van der Waals surface area contributed by atoms with Gasteiger partial charge in [-0.1, -0.05) is 0 Å². The van der Waals surface area contributed by atoms with E-state index in [2.05, 4.69) is 4.98 Å². The van der Waals surface area contributed by atoms with Gasteiger partial charge in [-0.2, -0.15) is 4.31 Å². The number of pyridine rings is 1. The smallest absolute Gasteiger partial charge is 0.340 e. The number of aryl methyl sites for hydroxylation is 1. The number of carbonyl (C=O) groups is 2. The van der Waals surface area contributed by atoms with E-state index < -0.39 is 28.4 Å². The SMILES string of the molecule is COc1ccc2cc(C(=O)OCC(=O)c3ccc(S(=O)(=O)N4CCCC4)cc3)c(C)nc2c1. The Bertz CT molecular complexity index is 1310. The molecule has 0 aliphatic carbocycles. The van der Waals surface area contributed by atoms with E-state index in [0.717, 1.165) is 18.2 Å². The van der Waals surface area contributed by atoms with Crippen molar-refractivity contribution in [3.63, 3.8) is 0 Å². The standard InChI is InChI=1S/C24H24N2O6S/c1-16-21(13-18-5-8-19(31-2)14-22(18)25-16)24(28)32-15-23(27)17-6-9-20(10-7-17)33(29,30)26-11-3-4-12-26/h5-10,13-14H,3-4,11-12,15H2,1-2H3. The van der Waals surface area contributed by atoms with Crippen LogP contribution in [0.25, 0.3) is 10.9 Å². The van der Waals surface area contributed by atoms with E-state index in [1.165, 1.54) is 28.6 Å². The van der Waals surface area contributed by atoms with Gasteiger partial charge in [0.1, 0.15) is 5.75 Å². The van der Waals surface area contributed by atoms with Crippen molar-refractivity contribution in [1.82, 2.24) is 9.29 Å². The normalized spacial score (nSPS) is 14.4. The fourth-order valence-corrected chi connectivity index (χ4v) is 5.28. The van der Waals surface area contributed by atoms with E-state index in [0.29, 0.717) is 30.0 Å². The van der Waals surface area contributed by atoms with Crippen LogP contribution in [0.3, 0.4) is 0 Å². The minimum absolute atomic E-state index is 0.146. The summed E-state index contributed by atoms with van der Waals surface area (Å²) in [5.74, 6) is -0.418. The number of hydrogen-bond donors (Lipinski definition) is 0. The Morgan fingerprint density at radius 3 is 2.39 bits per heavy atom. The number of hydrogen-bond acceptors (Lipinski definition) is 7. The molecule has 1 aromatic heterocycles. The second-order valence-corrected chi connectivity index (χ2v) is 9.75. The monoisotopic (exact) mass is 468 g/mol. The Kier molecular flexibility index (Phi) is 6.44. The van der Waals surface area contributed by atoms with Crippen LogP contribution in [0.15, 0.2) is 53.4 Å². The van der Waals surface area contributed by atoms with E-state index >= 15 is 0 Å². The van der Waals surface area contributed by atoms with Gasteiger partial charge in [0.25, 0.3) is 0 Å². The third-order valence-corrected chi connectivity index (χ3v) is 7.56. The molecule has 1 aliphatic heterocycles. The lowest BCUT2D eigenvalue weighted by Gasteiger charge is -2.15. The number of esters is 1. The minimum Gasteiger partial charge on any atom is -0.497 e. The first-order chi connectivity index (χ1) is 15.8. The molecule has 172 valence electrons. The molecule has 1 fully saturated rings. The Morgan fingerprint density at radius 2 is 1.73 bits per heavy atom. The maximum absolute atomic E-state index is 12.6. The number of fused-ring (bicyclic) bond motifs is 1. The lowest BCUT2D eigenvalue weighted by atomic mass is 10.1. The van der Waals surface area contributed by atoms with Crippen molar-refractivity contribution in [3.8, 4) is 5.75 Å². The number of nitrogens with zero attached hydrogens (tertiary/aromatic N) is 2. The van der Waals surface area contributed by atoms with Gasteiger partial charge in [0.15, 0.2) is 12.4 Å². The number of methoxy groups -OCH3 is 1. The molecule has 0 spiro atoms. The van der Waals surface area contributed by atoms with Crippen LogP contribution in [0.5, 0.6) is 5.75 Å². The number of sulfonamides is 1. The second kappa shape index (κ2) is 9.29. The molecule has 0 amide bonds. The van der Waals surface area contributed by atoms with Crippen LogP contribution in [0, 0.1) is 6.92 Å². The lowest BCUT2D eigenvalue weighted by molar-refractivity contribution is 0.0473. The number of carbonyl (C=O) groups excluding carboxylic acids is 2. The highest BCUT2D eigenvalue weighted by Crippen LogP contribution is 2.23. The Morgan fingerprint density at radius 1 is 1.03 bits per heavy atom. The van der Waals surface area contributed by atoms with Gasteiger partial charge in [0, 0.05) is 30.1 Å². The first kappa shape index (κ1) is 22.9. The summed E-state index contributed by atoms with van der Waals surface area (Å²) in [7, 11) is -1.98. The maximum atomic E-state index is 12.6. The first-order valence-corrected chi connectivity index (χ1v) is 12.0. The summed E-state index contributed by atoms with van der Waals surface area (Å²) >= 11 is 0. The average Bonchev–Trinajstić information content (AvgIpc) is 3.37. The molecular formula is C24H24N2O6S. The fraction of sp³-hybridized carbons (Fsp3) is 0.292. The Labute approximate surface area is 192 Å². The molecule has 0 atom stereocenters. The summed E-state index contributed by atoms with van der Waals surface area (Å²) in [5, 5.41) is 0.745. The van der Waals surface area contributed by atoms with E-state index in [-0.39, 0.29) is 16.0 Å². The van der Waals surface area contributed by atoms with Crippen LogP contribution in [-0.4, -0.2) is 56.3 Å². The Hall–Kier alpha value is -3.30. The molecule has 0 bridgehead atoms. The number of ether oxygens (including phenoxy) is 2. The van der Waals surface area contributed by atoms with E-state index in [1.54, 1.807) is 38.3 Å². The van der Waals surface area contributed by atoms with E-state index in [9.17, 15) is 18.0 Å². The summed E-state index contributed by atoms with van der Waals surface area (Å²) in [6, 6.07) is 12.7. The minimum atomic E-state index is -3.55. The predicted octanol–water partition coefficient (Wildman–Crippen LogP) is 3.38. The van der Waals surface area contributed by atoms with Crippen molar-refractivity contribution in [2.75, 3.05) is 26.8 Å². The number of rotatable bonds is 7. The van der Waals surface area contributed by atoms with Crippen molar-refractivity contribution in [2.45, 2.75) is 24.7 Å². The summed E-state index contributed by atoms with van der Waals surface area (Å²) < 4.78 is 37.1. The number of Topliss-reactive ketones (excluding diaryl/α,β-unsaturated/α-hetero) is 1. The summed E-state index contributed by atoms with van der Waals surface area (Å²) in [6.45, 7) is 2.25. The van der Waals surface area contributed by atoms with Crippen LogP contribution in [-0.2, 0) is 14.8 Å². The van der Waals surface area contributed by atoms with Crippen molar-refractivity contribution in [3.05, 3.63) is 65.4 Å². The quantitative estimate of drug-likeness (QED) is 0.387. The van der Waals surface area contributed by atoms with Crippen LogP contribution in [0.1, 0.15) is 39.3 Å². The fourth-order valence-electron chi connectivity index (χ4n) is 3.76. The third kappa shape index (κ3) is 4.74. The number of benzene rings is 2. The van der Waals surface area contributed by atoms with Gasteiger partial charge >= 0.3 is 5.97 Å². The lowest BCUT2D eigenvalue weighted by Crippen LogP contribution is -2.27. The highest BCUT2D eigenvalue weighted by atomic mass is 32.2. The Balaban J connectivity index is 1.43. The zero-order chi connectivity index (χ0) is 23.6. The highest BCUT2D eigenvalue weighted by molar-refractivity contribution is 7.89. The number of aromatic nitrogens is 1. The molecular weight excluding hydrogens is 444 g/mol. The molecule has 1 saturated heterocycles. The van der Waals surface area contributed by atoms with Gasteiger partial charge in [-0.15, -0.1) is 0 Å². The topological polar surface area (TPSA) is 103 Å². The molecule has 0 N–H and O–H groups in total. The summed E-state index contributed by atoms with van der Waals surface area (Å²) in [4.78, 5) is 29.7.